The van der Waals surface area contributed by atoms with Crippen LogP contribution in [0.15, 0.2) is 42.6 Å². The van der Waals surface area contributed by atoms with E-state index in [-0.39, 0.29) is 5.06 Å². The summed E-state index contributed by atoms with van der Waals surface area (Å²) >= 11 is 0. The van der Waals surface area contributed by atoms with Crippen molar-refractivity contribution >= 4 is 22.5 Å². The number of nitrogens with one attached hydrogen (secondary N) is 1. The highest BCUT2D eigenvalue weighted by atomic mass is 16.5. The molecule has 0 radical (unpaired) electrons. The maximum atomic E-state index is 11.6. The summed E-state index contributed by atoms with van der Waals surface area (Å²) in [7, 11) is 0. The standard InChI is InChI=1S/C12H9NO/c14-13-8-7-10-6-5-9-3-1-2-4-11(9)12(10)13/h1-8,13H. The number of hydrogen-bond donors (Lipinski definition) is 1. The highest BCUT2D eigenvalue weighted by molar-refractivity contribution is 5.95. The lowest BCUT2D eigenvalue weighted by atomic mass is 10.1. The van der Waals surface area contributed by atoms with E-state index in [1.165, 1.54) is 0 Å². The molecule has 0 fully saturated rings. The van der Waals surface area contributed by atoms with Crippen LogP contribution in [0, 0.1) is 5.21 Å². The third-order valence-corrected chi connectivity index (χ3v) is 2.62. The van der Waals surface area contributed by atoms with Gasteiger partial charge in [-0.1, -0.05) is 24.3 Å². The summed E-state index contributed by atoms with van der Waals surface area (Å²) in [5.74, 6) is 0. The summed E-state index contributed by atoms with van der Waals surface area (Å²) in [5, 5.41) is 13.9. The topological polar surface area (TPSA) is 27.5 Å². The number of benzene rings is 2. The minimum Gasteiger partial charge on any atom is -0.624 e. The van der Waals surface area contributed by atoms with Gasteiger partial charge in [-0.3, -0.25) is 0 Å². The molecule has 0 saturated heterocycles. The molecule has 1 aliphatic rings. The Morgan fingerprint density at radius 3 is 2.79 bits per heavy atom. The second-order valence-corrected chi connectivity index (χ2v) is 3.45. The summed E-state index contributed by atoms with van der Waals surface area (Å²) in [4.78, 5) is 0. The number of hydroxylamine groups is 1. The van der Waals surface area contributed by atoms with Crippen LogP contribution in [-0.2, 0) is 0 Å². The first-order valence-corrected chi connectivity index (χ1v) is 4.60. The predicted molar refractivity (Wildman–Crippen MR) is 57.0 cm³/mol. The van der Waals surface area contributed by atoms with Gasteiger partial charge in [0.05, 0.1) is 0 Å². The maximum Gasteiger partial charge on any atom is 0.151 e. The molecule has 1 unspecified atom stereocenters. The van der Waals surface area contributed by atoms with Crippen LogP contribution >= 0.6 is 0 Å². The van der Waals surface area contributed by atoms with E-state index in [4.69, 9.17) is 0 Å². The van der Waals surface area contributed by atoms with Gasteiger partial charge in [-0.05, 0) is 17.5 Å². The molecule has 1 atom stereocenters. The van der Waals surface area contributed by atoms with Crippen molar-refractivity contribution in [3.8, 4) is 0 Å². The van der Waals surface area contributed by atoms with E-state index in [1.54, 1.807) is 6.20 Å². The zero-order chi connectivity index (χ0) is 9.54. The Kier molecular flexibility index (Phi) is 1.48. The lowest BCUT2D eigenvalue weighted by Crippen LogP contribution is -2.95. The fourth-order valence-corrected chi connectivity index (χ4v) is 1.95. The van der Waals surface area contributed by atoms with Crippen LogP contribution in [0.5, 0.6) is 0 Å². The second kappa shape index (κ2) is 2.67. The molecule has 3 rings (SSSR count). The van der Waals surface area contributed by atoms with Crippen molar-refractivity contribution in [2.75, 3.05) is 0 Å². The van der Waals surface area contributed by atoms with Gasteiger partial charge in [-0.15, -0.1) is 0 Å². The Balaban J connectivity index is 2.44. The number of rotatable bonds is 0. The van der Waals surface area contributed by atoms with Crippen LogP contribution in [0.25, 0.3) is 16.8 Å². The number of hydrogen-bond acceptors (Lipinski definition) is 1. The van der Waals surface area contributed by atoms with Gasteiger partial charge in [0.2, 0.25) is 0 Å². The van der Waals surface area contributed by atoms with E-state index in [1.807, 2.05) is 36.4 Å². The zero-order valence-electron chi connectivity index (χ0n) is 7.53. The molecular weight excluding hydrogens is 174 g/mol. The first kappa shape index (κ1) is 7.74. The van der Waals surface area contributed by atoms with Gasteiger partial charge in [0.1, 0.15) is 6.20 Å². The second-order valence-electron chi connectivity index (χ2n) is 3.45. The van der Waals surface area contributed by atoms with E-state index >= 15 is 0 Å². The Labute approximate surface area is 81.7 Å². The zero-order valence-corrected chi connectivity index (χ0v) is 7.53. The third-order valence-electron chi connectivity index (χ3n) is 2.62. The Hall–Kier alpha value is -1.64. The molecule has 0 aliphatic carbocycles. The van der Waals surface area contributed by atoms with Gasteiger partial charge in [-0.2, -0.15) is 0 Å². The monoisotopic (exact) mass is 183 g/mol. The van der Waals surface area contributed by atoms with Crippen molar-refractivity contribution in [3.63, 3.8) is 0 Å². The van der Waals surface area contributed by atoms with E-state index in [0.717, 1.165) is 22.0 Å². The van der Waals surface area contributed by atoms with Gasteiger partial charge in [-0.25, -0.2) is 0 Å². The summed E-state index contributed by atoms with van der Waals surface area (Å²) in [6.07, 6.45) is 3.52. The van der Waals surface area contributed by atoms with Crippen LogP contribution < -0.4 is 5.06 Å². The van der Waals surface area contributed by atoms with Crippen molar-refractivity contribution in [1.29, 1.82) is 0 Å². The molecule has 0 aromatic heterocycles. The van der Waals surface area contributed by atoms with Crippen LogP contribution in [-0.4, -0.2) is 0 Å². The van der Waals surface area contributed by atoms with Crippen molar-refractivity contribution in [2.24, 2.45) is 0 Å². The fraction of sp³-hybridized carbons (Fsp3) is 0. The molecule has 0 spiro atoms. The summed E-state index contributed by atoms with van der Waals surface area (Å²) in [6, 6.07) is 12.0. The van der Waals surface area contributed by atoms with Crippen LogP contribution in [0.2, 0.25) is 0 Å². The van der Waals surface area contributed by atoms with Crippen molar-refractivity contribution in [1.82, 2.24) is 0 Å². The largest absolute Gasteiger partial charge is 0.624 e. The smallest absolute Gasteiger partial charge is 0.151 e. The molecule has 2 aromatic carbocycles. The predicted octanol–water partition coefficient (Wildman–Crippen LogP) is 1.84. The van der Waals surface area contributed by atoms with E-state index in [0.29, 0.717) is 0 Å². The van der Waals surface area contributed by atoms with Crippen molar-refractivity contribution < 1.29 is 5.06 Å². The van der Waals surface area contributed by atoms with Gasteiger partial charge >= 0.3 is 0 Å². The van der Waals surface area contributed by atoms with Crippen LogP contribution in [0.1, 0.15) is 5.56 Å². The molecular formula is C12H9NO. The maximum absolute atomic E-state index is 11.6. The molecule has 0 bridgehead atoms. The van der Waals surface area contributed by atoms with Crippen molar-refractivity contribution in [3.05, 3.63) is 53.4 Å². The first-order valence-electron chi connectivity index (χ1n) is 4.60. The van der Waals surface area contributed by atoms with E-state index in [9.17, 15) is 5.21 Å². The molecule has 0 amide bonds. The molecule has 1 heterocycles. The molecule has 68 valence electrons. The average molecular weight is 183 g/mol. The highest BCUT2D eigenvalue weighted by Gasteiger charge is 2.15. The lowest BCUT2D eigenvalue weighted by Gasteiger charge is -2.15. The average Bonchev–Trinajstić information content (AvgIpc) is 2.61. The molecule has 0 saturated carbocycles. The number of quaternary nitrogens is 1. The van der Waals surface area contributed by atoms with Gasteiger partial charge in [0, 0.05) is 17.0 Å². The molecule has 2 nitrogen and oxygen atoms in total. The third kappa shape index (κ3) is 0.923. The number of fused-ring (bicyclic) bond motifs is 3. The normalized spacial score (nSPS) is 18.8. The fourth-order valence-electron chi connectivity index (χ4n) is 1.95. The van der Waals surface area contributed by atoms with Gasteiger partial charge < -0.3 is 10.3 Å². The Morgan fingerprint density at radius 1 is 1.00 bits per heavy atom. The highest BCUT2D eigenvalue weighted by Crippen LogP contribution is 2.27. The minimum absolute atomic E-state index is 0.122. The van der Waals surface area contributed by atoms with Gasteiger partial charge in [0.25, 0.3) is 0 Å². The van der Waals surface area contributed by atoms with Crippen LogP contribution in [0.4, 0.5) is 5.69 Å². The Morgan fingerprint density at radius 2 is 1.86 bits per heavy atom. The molecule has 14 heavy (non-hydrogen) atoms. The summed E-state index contributed by atoms with van der Waals surface area (Å²) < 4.78 is 0. The SMILES string of the molecule is [O-][NH+]1C=Cc2ccc3ccccc3c21. The summed E-state index contributed by atoms with van der Waals surface area (Å²) in [5.41, 5.74) is 1.89. The summed E-state index contributed by atoms with van der Waals surface area (Å²) in [6.45, 7) is 0. The Bertz CT molecular complexity index is 531. The lowest BCUT2D eigenvalue weighted by molar-refractivity contribution is -0.709. The van der Waals surface area contributed by atoms with E-state index < -0.39 is 0 Å². The van der Waals surface area contributed by atoms with Crippen molar-refractivity contribution in [2.45, 2.75) is 0 Å². The molecule has 1 N–H and O–H groups in total. The molecule has 1 aliphatic heterocycles. The molecule has 2 aromatic rings. The quantitative estimate of drug-likeness (QED) is 0.620. The van der Waals surface area contributed by atoms with Crippen LogP contribution in [0.3, 0.4) is 0 Å². The first-order chi connectivity index (χ1) is 6.86. The van der Waals surface area contributed by atoms with Gasteiger partial charge in [0.15, 0.2) is 5.69 Å². The molecule has 2 heteroatoms. The van der Waals surface area contributed by atoms with E-state index in [2.05, 4.69) is 6.07 Å². The minimum atomic E-state index is 0.122.